The van der Waals surface area contributed by atoms with Crippen LogP contribution in [0.3, 0.4) is 0 Å². The van der Waals surface area contributed by atoms with Gasteiger partial charge in [-0.25, -0.2) is 0 Å². The third-order valence-corrected chi connectivity index (χ3v) is 1.84. The summed E-state index contributed by atoms with van der Waals surface area (Å²) in [5.74, 6) is -0.0764. The first kappa shape index (κ1) is 13.2. The van der Waals surface area contributed by atoms with Gasteiger partial charge in [0, 0.05) is 0 Å². The maximum atomic E-state index is 10.3. The van der Waals surface area contributed by atoms with Crippen molar-refractivity contribution >= 4 is 5.97 Å². The molecule has 0 unspecified atom stereocenters. The van der Waals surface area contributed by atoms with Gasteiger partial charge in [-0.3, -0.25) is 4.79 Å². The molecule has 0 saturated carbocycles. The number of epoxide rings is 1. The minimum atomic E-state index is -0.181. The molecule has 0 aliphatic carbocycles. The van der Waals surface area contributed by atoms with Crippen molar-refractivity contribution in [2.75, 3.05) is 13.2 Å². The summed E-state index contributed by atoms with van der Waals surface area (Å²) in [6.07, 6.45) is 0. The molecule has 0 bridgehead atoms. The molecule has 2 aliphatic rings. The summed E-state index contributed by atoms with van der Waals surface area (Å²) in [7, 11) is 0. The van der Waals surface area contributed by atoms with Crippen LogP contribution in [0.25, 0.3) is 0 Å². The first-order valence-corrected chi connectivity index (χ1v) is 4.35. The Hall–Kier alpha value is -0.830. The molecule has 2 heterocycles. The summed E-state index contributed by atoms with van der Waals surface area (Å²) in [5, 5.41) is 0. The summed E-state index contributed by atoms with van der Waals surface area (Å²) in [5.41, 5.74) is 0.0694. The van der Waals surface area contributed by atoms with E-state index in [1.54, 1.807) is 0 Å². The van der Waals surface area contributed by atoms with Crippen molar-refractivity contribution in [2.45, 2.75) is 33.3 Å². The van der Waals surface area contributed by atoms with Gasteiger partial charge in [-0.05, 0) is 27.7 Å². The second-order valence-corrected chi connectivity index (χ2v) is 4.51. The van der Waals surface area contributed by atoms with Crippen LogP contribution in [0, 0.1) is 12.1 Å². The molecule has 0 spiro atoms. The molecular weight excluding hydrogens is 184 g/mol. The van der Waals surface area contributed by atoms with E-state index in [0.717, 1.165) is 6.61 Å². The Morgan fingerprint density at radius 2 is 1.50 bits per heavy atom. The van der Waals surface area contributed by atoms with E-state index < -0.39 is 0 Å². The van der Waals surface area contributed by atoms with Crippen LogP contribution in [0.4, 0.5) is 0 Å². The molecule has 2 fully saturated rings. The Kier molecular flexibility index (Phi) is 4.33. The normalized spacial score (nSPS) is 23.7. The minimum absolute atomic E-state index is 0.0764. The van der Waals surface area contributed by atoms with E-state index in [9.17, 15) is 4.79 Å². The standard InChI is InChI=1S/C5H8O2.C4H8O.CO/c1-5(2)3-7-4(5)6;1-4(2)3-5-4;1-2/h3H2,1-2H3;3H2,1-2H3;. The number of cyclic esters (lactones) is 1. The molecule has 0 N–H and O–H groups in total. The predicted molar refractivity (Wildman–Crippen MR) is 48.7 cm³/mol. The fourth-order valence-electron chi connectivity index (χ4n) is 0.564. The molecular formula is C10H16O4. The molecule has 4 nitrogen and oxygen atoms in total. The van der Waals surface area contributed by atoms with E-state index in [1.165, 1.54) is 0 Å². The van der Waals surface area contributed by atoms with Crippen molar-refractivity contribution in [2.24, 2.45) is 5.41 Å². The number of hydrogen-bond acceptors (Lipinski definition) is 3. The maximum absolute atomic E-state index is 10.3. The van der Waals surface area contributed by atoms with Gasteiger partial charge in [0.2, 0.25) is 0 Å². The predicted octanol–water partition coefficient (Wildman–Crippen LogP) is 1.33. The Morgan fingerprint density at radius 1 is 1.21 bits per heavy atom. The SMILES string of the molecule is CC1(C)CO1.CC1(C)COC1=O.[C-]#[O+]. The number of ether oxygens (including phenoxy) is 2. The van der Waals surface area contributed by atoms with Crippen molar-refractivity contribution in [1.82, 2.24) is 0 Å². The van der Waals surface area contributed by atoms with Crippen molar-refractivity contribution in [3.8, 4) is 0 Å². The van der Waals surface area contributed by atoms with Crippen molar-refractivity contribution < 1.29 is 18.9 Å². The molecule has 0 radical (unpaired) electrons. The quantitative estimate of drug-likeness (QED) is 0.256. The molecule has 0 aromatic heterocycles. The van der Waals surface area contributed by atoms with E-state index in [4.69, 9.17) is 9.39 Å². The number of hydrogen-bond donors (Lipinski definition) is 0. The number of esters is 1. The van der Waals surface area contributed by atoms with Gasteiger partial charge in [0.25, 0.3) is 0 Å². The number of carbonyl (C=O) groups is 1. The molecule has 2 rings (SSSR count). The summed E-state index contributed by atoms with van der Waals surface area (Å²) in [4.78, 5) is 10.3. The van der Waals surface area contributed by atoms with Crippen LogP contribution in [0.15, 0.2) is 0 Å². The van der Waals surface area contributed by atoms with Gasteiger partial charge in [-0.1, -0.05) is 0 Å². The average Bonchev–Trinajstić information content (AvgIpc) is 2.83. The van der Waals surface area contributed by atoms with E-state index in [1.807, 2.05) is 13.8 Å². The van der Waals surface area contributed by atoms with Gasteiger partial charge in [0.15, 0.2) is 0 Å². The zero-order valence-corrected chi connectivity index (χ0v) is 9.05. The van der Waals surface area contributed by atoms with Crippen LogP contribution in [0.1, 0.15) is 27.7 Å². The molecule has 0 aromatic rings. The van der Waals surface area contributed by atoms with E-state index >= 15 is 0 Å². The van der Waals surface area contributed by atoms with Crippen LogP contribution < -0.4 is 0 Å². The summed E-state index contributed by atoms with van der Waals surface area (Å²) in [6.45, 7) is 13.9. The molecule has 0 aromatic carbocycles. The topological polar surface area (TPSA) is 58.7 Å². The number of rotatable bonds is 0. The molecule has 14 heavy (non-hydrogen) atoms. The molecule has 2 saturated heterocycles. The van der Waals surface area contributed by atoms with Gasteiger partial charge in [-0.2, -0.15) is 0 Å². The third kappa shape index (κ3) is 4.42. The van der Waals surface area contributed by atoms with Crippen molar-refractivity contribution in [3.63, 3.8) is 0 Å². The summed E-state index contributed by atoms with van der Waals surface area (Å²) < 4.78 is 16.9. The van der Waals surface area contributed by atoms with Gasteiger partial charge >= 0.3 is 17.3 Å². The Balaban J connectivity index is 0.000000213. The van der Waals surface area contributed by atoms with Crippen LogP contribution in [-0.4, -0.2) is 24.8 Å². The Morgan fingerprint density at radius 3 is 1.50 bits per heavy atom. The Bertz CT molecular complexity index is 222. The fourth-order valence-corrected chi connectivity index (χ4v) is 0.564. The first-order chi connectivity index (χ1) is 6.33. The van der Waals surface area contributed by atoms with Gasteiger partial charge in [0.1, 0.15) is 6.61 Å². The van der Waals surface area contributed by atoms with Crippen molar-refractivity contribution in [1.29, 1.82) is 0 Å². The third-order valence-electron chi connectivity index (χ3n) is 1.84. The Labute approximate surface area is 84.3 Å². The average molecular weight is 200 g/mol. The molecule has 0 atom stereocenters. The van der Waals surface area contributed by atoms with Gasteiger partial charge in [0.05, 0.1) is 17.6 Å². The summed E-state index contributed by atoms with van der Waals surface area (Å²) in [6, 6.07) is 0. The summed E-state index contributed by atoms with van der Waals surface area (Å²) >= 11 is 0. The zero-order chi connectivity index (χ0) is 11.4. The zero-order valence-electron chi connectivity index (χ0n) is 9.05. The van der Waals surface area contributed by atoms with Crippen LogP contribution in [-0.2, 0) is 18.9 Å². The number of carbonyl (C=O) groups excluding carboxylic acids is 1. The monoisotopic (exact) mass is 200 g/mol. The molecule has 2 aliphatic heterocycles. The van der Waals surface area contributed by atoms with Crippen molar-refractivity contribution in [3.05, 3.63) is 6.65 Å². The first-order valence-electron chi connectivity index (χ1n) is 4.35. The fraction of sp³-hybridized carbons (Fsp3) is 0.800. The van der Waals surface area contributed by atoms with E-state index in [0.29, 0.717) is 6.61 Å². The van der Waals surface area contributed by atoms with Crippen LogP contribution in [0.2, 0.25) is 0 Å². The van der Waals surface area contributed by atoms with Crippen LogP contribution >= 0.6 is 0 Å². The van der Waals surface area contributed by atoms with E-state index in [-0.39, 0.29) is 17.0 Å². The van der Waals surface area contributed by atoms with Gasteiger partial charge < -0.3 is 9.47 Å². The van der Waals surface area contributed by atoms with Gasteiger partial charge in [-0.15, -0.1) is 0 Å². The molecule has 0 amide bonds. The molecule has 4 heteroatoms. The molecule has 80 valence electrons. The van der Waals surface area contributed by atoms with E-state index in [2.05, 4.69) is 25.2 Å². The second-order valence-electron chi connectivity index (χ2n) is 4.51. The van der Waals surface area contributed by atoms with Crippen LogP contribution in [0.5, 0.6) is 0 Å². The second kappa shape index (κ2) is 4.60.